The van der Waals surface area contributed by atoms with Gasteiger partial charge in [-0.1, -0.05) is 6.92 Å². The molecule has 0 bridgehead atoms. The summed E-state index contributed by atoms with van der Waals surface area (Å²) in [6.07, 6.45) is 2.09. The van der Waals surface area contributed by atoms with Crippen molar-refractivity contribution < 1.29 is 9.59 Å². The van der Waals surface area contributed by atoms with Gasteiger partial charge in [-0.15, -0.1) is 0 Å². The van der Waals surface area contributed by atoms with Crippen LogP contribution in [0.2, 0.25) is 0 Å². The third kappa shape index (κ3) is 3.48. The van der Waals surface area contributed by atoms with Crippen molar-refractivity contribution in [3.05, 3.63) is 0 Å². The van der Waals surface area contributed by atoms with E-state index in [1.54, 1.807) is 18.7 Å². The zero-order valence-electron chi connectivity index (χ0n) is 13.0. The Bertz CT molecular complexity index is 327. The molecule has 1 heterocycles. The Morgan fingerprint density at radius 1 is 1.16 bits per heavy atom. The number of rotatable bonds is 4. The summed E-state index contributed by atoms with van der Waals surface area (Å²) in [6.45, 7) is 12.5. The lowest BCUT2D eigenvalue weighted by atomic mass is 9.87. The van der Waals surface area contributed by atoms with Crippen molar-refractivity contribution in [3.63, 3.8) is 0 Å². The predicted octanol–water partition coefficient (Wildman–Crippen LogP) is 2.14. The molecule has 4 nitrogen and oxygen atoms in total. The van der Waals surface area contributed by atoms with Gasteiger partial charge in [-0.25, -0.2) is 0 Å². The first-order chi connectivity index (χ1) is 8.84. The molecule has 0 aliphatic carbocycles. The minimum Gasteiger partial charge on any atom is -0.342 e. The van der Waals surface area contributed by atoms with Gasteiger partial charge in [0.25, 0.3) is 0 Å². The predicted molar refractivity (Wildman–Crippen MR) is 76.7 cm³/mol. The van der Waals surface area contributed by atoms with Gasteiger partial charge in [0.1, 0.15) is 5.41 Å². The van der Waals surface area contributed by atoms with Crippen LogP contribution in [0.15, 0.2) is 0 Å². The third-order valence-corrected chi connectivity index (χ3v) is 4.19. The Balaban J connectivity index is 2.75. The largest absolute Gasteiger partial charge is 0.342 e. The van der Waals surface area contributed by atoms with E-state index in [1.807, 2.05) is 18.7 Å². The molecule has 0 N–H and O–H groups in total. The van der Waals surface area contributed by atoms with E-state index in [1.165, 1.54) is 0 Å². The average Bonchev–Trinajstić information content (AvgIpc) is 2.40. The fourth-order valence-electron chi connectivity index (χ4n) is 2.60. The first-order valence-electron chi connectivity index (χ1n) is 7.43. The highest BCUT2D eigenvalue weighted by atomic mass is 16.2. The first-order valence-corrected chi connectivity index (χ1v) is 7.43. The van der Waals surface area contributed by atoms with E-state index in [0.717, 1.165) is 25.9 Å². The van der Waals surface area contributed by atoms with Crippen LogP contribution in [0.5, 0.6) is 0 Å². The zero-order chi connectivity index (χ0) is 14.6. The van der Waals surface area contributed by atoms with Gasteiger partial charge in [0.15, 0.2) is 0 Å². The molecule has 0 radical (unpaired) electrons. The molecule has 4 heteroatoms. The Hall–Kier alpha value is -1.06. The number of hydrogen-bond acceptors (Lipinski definition) is 2. The van der Waals surface area contributed by atoms with Crippen molar-refractivity contribution >= 4 is 11.8 Å². The van der Waals surface area contributed by atoms with Crippen LogP contribution in [0.3, 0.4) is 0 Å². The monoisotopic (exact) mass is 268 g/mol. The maximum absolute atomic E-state index is 12.6. The summed E-state index contributed by atoms with van der Waals surface area (Å²) in [5.74, 6) is 0.614. The minimum atomic E-state index is -0.938. The van der Waals surface area contributed by atoms with Gasteiger partial charge < -0.3 is 9.80 Å². The maximum Gasteiger partial charge on any atom is 0.237 e. The van der Waals surface area contributed by atoms with Gasteiger partial charge in [-0.2, -0.15) is 0 Å². The number of carbonyl (C=O) groups is 2. The topological polar surface area (TPSA) is 40.6 Å². The Kier molecular flexibility index (Phi) is 5.39. The Morgan fingerprint density at radius 3 is 2.05 bits per heavy atom. The van der Waals surface area contributed by atoms with Gasteiger partial charge >= 0.3 is 0 Å². The van der Waals surface area contributed by atoms with Gasteiger partial charge in [-0.3, -0.25) is 9.59 Å². The third-order valence-electron chi connectivity index (χ3n) is 4.19. The highest BCUT2D eigenvalue weighted by molar-refractivity contribution is 6.04. The molecule has 1 fully saturated rings. The number of carbonyl (C=O) groups excluding carboxylic acids is 2. The second kappa shape index (κ2) is 6.40. The van der Waals surface area contributed by atoms with Crippen LogP contribution in [0.1, 0.15) is 47.5 Å². The number of amides is 2. The van der Waals surface area contributed by atoms with E-state index < -0.39 is 5.41 Å². The minimum absolute atomic E-state index is 0.0173. The Morgan fingerprint density at radius 2 is 1.63 bits per heavy atom. The second-order valence-electron chi connectivity index (χ2n) is 6.08. The van der Waals surface area contributed by atoms with E-state index >= 15 is 0 Å². The molecule has 0 atom stereocenters. The van der Waals surface area contributed by atoms with Gasteiger partial charge in [0, 0.05) is 26.2 Å². The molecule has 0 spiro atoms. The lowest BCUT2D eigenvalue weighted by molar-refractivity contribution is -0.154. The summed E-state index contributed by atoms with van der Waals surface area (Å²) >= 11 is 0. The number of piperidine rings is 1. The molecular weight excluding hydrogens is 240 g/mol. The van der Waals surface area contributed by atoms with Crippen molar-refractivity contribution in [3.8, 4) is 0 Å². The molecule has 0 saturated carbocycles. The number of likely N-dealkylation sites (tertiary alicyclic amines) is 1. The molecule has 0 unspecified atom stereocenters. The molecule has 1 aliphatic rings. The zero-order valence-corrected chi connectivity index (χ0v) is 13.0. The molecule has 2 amide bonds. The molecule has 1 saturated heterocycles. The average molecular weight is 268 g/mol. The Labute approximate surface area is 117 Å². The summed E-state index contributed by atoms with van der Waals surface area (Å²) in [6, 6.07) is 0. The van der Waals surface area contributed by atoms with E-state index in [4.69, 9.17) is 0 Å². The fraction of sp³-hybridized carbons (Fsp3) is 0.867. The van der Waals surface area contributed by atoms with E-state index in [2.05, 4.69) is 6.92 Å². The standard InChI is InChI=1S/C15H28N2O2/c1-6-16(7-2)13(18)15(4,5)14(19)17-10-8-12(3)9-11-17/h12H,6-11H2,1-5H3. The van der Waals surface area contributed by atoms with E-state index in [9.17, 15) is 9.59 Å². The van der Waals surface area contributed by atoms with Gasteiger partial charge in [-0.05, 0) is 46.5 Å². The summed E-state index contributed by atoms with van der Waals surface area (Å²) in [5, 5.41) is 0. The van der Waals surface area contributed by atoms with Crippen LogP contribution in [-0.2, 0) is 9.59 Å². The summed E-state index contributed by atoms with van der Waals surface area (Å²) in [5.41, 5.74) is -0.938. The quantitative estimate of drug-likeness (QED) is 0.733. The number of nitrogens with zero attached hydrogens (tertiary/aromatic N) is 2. The maximum atomic E-state index is 12.6. The summed E-state index contributed by atoms with van der Waals surface area (Å²) in [4.78, 5) is 28.6. The van der Waals surface area contributed by atoms with Crippen LogP contribution in [0.25, 0.3) is 0 Å². The van der Waals surface area contributed by atoms with Crippen LogP contribution in [0.4, 0.5) is 0 Å². The lowest BCUT2D eigenvalue weighted by Crippen LogP contribution is -2.52. The highest BCUT2D eigenvalue weighted by Gasteiger charge is 2.41. The number of hydrogen-bond donors (Lipinski definition) is 0. The van der Waals surface area contributed by atoms with Crippen LogP contribution in [0, 0.1) is 11.3 Å². The SMILES string of the molecule is CCN(CC)C(=O)C(C)(C)C(=O)N1CCC(C)CC1. The summed E-state index contributed by atoms with van der Waals surface area (Å²) < 4.78 is 0. The van der Waals surface area contributed by atoms with Crippen molar-refractivity contribution in [2.24, 2.45) is 11.3 Å². The van der Waals surface area contributed by atoms with Crippen molar-refractivity contribution in [2.75, 3.05) is 26.2 Å². The lowest BCUT2D eigenvalue weighted by Gasteiger charge is -2.37. The smallest absolute Gasteiger partial charge is 0.237 e. The van der Waals surface area contributed by atoms with Crippen LogP contribution >= 0.6 is 0 Å². The molecule has 0 aromatic carbocycles. The van der Waals surface area contributed by atoms with E-state index in [-0.39, 0.29) is 11.8 Å². The van der Waals surface area contributed by atoms with E-state index in [0.29, 0.717) is 19.0 Å². The first kappa shape index (κ1) is 16.0. The molecule has 110 valence electrons. The molecule has 19 heavy (non-hydrogen) atoms. The normalized spacial score (nSPS) is 17.4. The van der Waals surface area contributed by atoms with Crippen molar-refractivity contribution in [1.82, 2.24) is 9.80 Å². The second-order valence-corrected chi connectivity index (χ2v) is 6.08. The summed E-state index contributed by atoms with van der Waals surface area (Å²) in [7, 11) is 0. The van der Waals surface area contributed by atoms with Crippen molar-refractivity contribution in [1.29, 1.82) is 0 Å². The highest BCUT2D eigenvalue weighted by Crippen LogP contribution is 2.26. The van der Waals surface area contributed by atoms with Crippen LogP contribution < -0.4 is 0 Å². The van der Waals surface area contributed by atoms with Gasteiger partial charge in [0.05, 0.1) is 0 Å². The fourth-order valence-corrected chi connectivity index (χ4v) is 2.60. The molecule has 1 rings (SSSR count). The molecule has 0 aromatic heterocycles. The van der Waals surface area contributed by atoms with Crippen molar-refractivity contribution in [2.45, 2.75) is 47.5 Å². The molecule has 0 aromatic rings. The molecular formula is C15H28N2O2. The van der Waals surface area contributed by atoms with Gasteiger partial charge in [0.2, 0.25) is 11.8 Å². The van der Waals surface area contributed by atoms with Crippen LogP contribution in [-0.4, -0.2) is 47.8 Å². The molecule has 1 aliphatic heterocycles.